The van der Waals surface area contributed by atoms with Gasteiger partial charge in [0.1, 0.15) is 5.78 Å². The molecule has 1 amide bonds. The molecule has 1 aromatic heterocycles. The summed E-state index contributed by atoms with van der Waals surface area (Å²) in [7, 11) is 4.07. The van der Waals surface area contributed by atoms with Crippen LogP contribution < -0.4 is 4.90 Å². The van der Waals surface area contributed by atoms with Crippen LogP contribution >= 0.6 is 11.3 Å². The summed E-state index contributed by atoms with van der Waals surface area (Å²) in [5.74, 6) is 0.519. The molecule has 1 aromatic carbocycles. The lowest BCUT2D eigenvalue weighted by Gasteiger charge is -2.39. The first-order valence-electron chi connectivity index (χ1n) is 9.70. The first-order valence-corrected chi connectivity index (χ1v) is 10.6. The van der Waals surface area contributed by atoms with Crippen LogP contribution in [0.4, 0.5) is 5.69 Å². The Morgan fingerprint density at radius 1 is 1.07 bits per heavy atom. The molecule has 1 aliphatic carbocycles. The lowest BCUT2D eigenvalue weighted by atomic mass is 9.85. The predicted molar refractivity (Wildman–Crippen MR) is 109 cm³/mol. The van der Waals surface area contributed by atoms with E-state index in [1.807, 2.05) is 14.1 Å². The molecule has 1 atom stereocenters. The van der Waals surface area contributed by atoms with Gasteiger partial charge in [0, 0.05) is 50.0 Å². The molecule has 2 aliphatic rings. The van der Waals surface area contributed by atoms with Gasteiger partial charge in [0.2, 0.25) is 5.91 Å². The second-order valence-electron chi connectivity index (χ2n) is 7.79. The van der Waals surface area contributed by atoms with Gasteiger partial charge in [-0.2, -0.15) is 0 Å². The van der Waals surface area contributed by atoms with Crippen LogP contribution in [0.2, 0.25) is 0 Å². The van der Waals surface area contributed by atoms with Crippen LogP contribution in [0.15, 0.2) is 35.7 Å². The maximum Gasteiger partial charge on any atom is 0.226 e. The van der Waals surface area contributed by atoms with Crippen molar-refractivity contribution in [1.29, 1.82) is 0 Å². The van der Waals surface area contributed by atoms with Crippen molar-refractivity contribution < 1.29 is 9.59 Å². The molecule has 142 valence electrons. The summed E-state index contributed by atoms with van der Waals surface area (Å²) in [6.45, 7) is 0.757. The molecule has 1 aliphatic heterocycles. The molecule has 4 nitrogen and oxygen atoms in total. The number of nitrogens with zero attached hydrogens (tertiary/aromatic N) is 2. The van der Waals surface area contributed by atoms with Gasteiger partial charge in [0.05, 0.1) is 6.04 Å². The quantitative estimate of drug-likeness (QED) is 0.804. The third-order valence-corrected chi connectivity index (χ3v) is 6.88. The second-order valence-corrected chi connectivity index (χ2v) is 8.74. The van der Waals surface area contributed by atoms with E-state index in [2.05, 4.69) is 45.5 Å². The van der Waals surface area contributed by atoms with Crippen molar-refractivity contribution in [2.24, 2.45) is 5.92 Å². The number of amides is 1. The Labute approximate surface area is 164 Å². The Kier molecular flexibility index (Phi) is 5.04. The van der Waals surface area contributed by atoms with Crippen LogP contribution in [0.5, 0.6) is 0 Å². The topological polar surface area (TPSA) is 40.6 Å². The fraction of sp³-hybridized carbons (Fsp3) is 0.455. The van der Waals surface area contributed by atoms with Crippen LogP contribution in [-0.2, 0) is 16.0 Å². The monoisotopic (exact) mass is 382 g/mol. The summed E-state index contributed by atoms with van der Waals surface area (Å²) in [6, 6.07) is 10.7. The largest absolute Gasteiger partial charge is 0.378 e. The van der Waals surface area contributed by atoms with Gasteiger partial charge in [-0.25, -0.2) is 0 Å². The van der Waals surface area contributed by atoms with Gasteiger partial charge in [-0.05, 0) is 54.0 Å². The summed E-state index contributed by atoms with van der Waals surface area (Å²) in [4.78, 5) is 30.4. The van der Waals surface area contributed by atoms with Crippen LogP contribution in [0.25, 0.3) is 0 Å². The summed E-state index contributed by atoms with van der Waals surface area (Å²) < 4.78 is 0. The number of hydrogen-bond donors (Lipinski definition) is 0. The first kappa shape index (κ1) is 18.2. The van der Waals surface area contributed by atoms with E-state index in [4.69, 9.17) is 0 Å². The Morgan fingerprint density at radius 2 is 1.78 bits per heavy atom. The average Bonchev–Trinajstić information content (AvgIpc) is 3.16. The lowest BCUT2D eigenvalue weighted by Crippen LogP contribution is -2.44. The van der Waals surface area contributed by atoms with E-state index in [-0.39, 0.29) is 17.9 Å². The van der Waals surface area contributed by atoms with Gasteiger partial charge in [0.15, 0.2) is 0 Å². The number of carbonyl (C=O) groups excluding carboxylic acids is 2. The van der Waals surface area contributed by atoms with Crippen LogP contribution in [-0.4, -0.2) is 37.2 Å². The molecule has 0 bridgehead atoms. The van der Waals surface area contributed by atoms with Gasteiger partial charge in [-0.1, -0.05) is 12.1 Å². The molecule has 0 spiro atoms. The Balaban J connectivity index is 1.66. The Morgan fingerprint density at radius 3 is 2.44 bits per heavy atom. The molecule has 1 unspecified atom stereocenters. The number of thiophene rings is 1. The summed E-state index contributed by atoms with van der Waals surface area (Å²) in [5, 5.41) is 2.14. The highest BCUT2D eigenvalue weighted by Gasteiger charge is 2.37. The van der Waals surface area contributed by atoms with E-state index in [9.17, 15) is 9.59 Å². The minimum absolute atomic E-state index is 0.00455. The number of Topliss-reactive ketones (excluding diaryl/α,β-unsaturated/α-hetero) is 1. The molecular formula is C22H26N2O2S. The molecule has 1 fully saturated rings. The number of anilines is 1. The fourth-order valence-corrected chi connectivity index (χ4v) is 5.34. The third kappa shape index (κ3) is 3.53. The van der Waals surface area contributed by atoms with Crippen LogP contribution in [0.1, 0.15) is 47.7 Å². The zero-order valence-electron chi connectivity index (χ0n) is 16.0. The minimum Gasteiger partial charge on any atom is -0.378 e. The number of benzene rings is 1. The maximum atomic E-state index is 13.4. The van der Waals surface area contributed by atoms with E-state index >= 15 is 0 Å². The van der Waals surface area contributed by atoms with E-state index in [1.54, 1.807) is 11.3 Å². The van der Waals surface area contributed by atoms with E-state index < -0.39 is 0 Å². The molecule has 0 N–H and O–H groups in total. The molecule has 5 heteroatoms. The standard InChI is InChI=1S/C22H26N2O2S/c1-23(2)18-7-3-15(4-8-18)20-21-16(12-14-27-21)11-13-24(20)22(26)17-5-9-19(25)10-6-17/h3-4,7-8,12,14,17,20H,5-6,9-11,13H2,1-2H3. The second kappa shape index (κ2) is 7.47. The van der Waals surface area contributed by atoms with Crippen molar-refractivity contribution >= 4 is 28.7 Å². The molecule has 0 radical (unpaired) electrons. The van der Waals surface area contributed by atoms with E-state index in [0.717, 1.165) is 18.7 Å². The fourth-order valence-electron chi connectivity index (χ4n) is 4.25. The number of rotatable bonds is 3. The molecule has 27 heavy (non-hydrogen) atoms. The minimum atomic E-state index is -0.00670. The molecular weight excluding hydrogens is 356 g/mol. The van der Waals surface area contributed by atoms with Gasteiger partial charge < -0.3 is 9.80 Å². The Hall–Kier alpha value is -2.14. The van der Waals surface area contributed by atoms with Crippen molar-refractivity contribution in [3.05, 3.63) is 51.7 Å². The SMILES string of the molecule is CN(C)c1ccc(C2c3sccc3CCN2C(=O)C2CCC(=O)CC2)cc1. The molecule has 2 heterocycles. The summed E-state index contributed by atoms with van der Waals surface area (Å²) >= 11 is 1.75. The Bertz CT molecular complexity index is 830. The van der Waals surface area contributed by atoms with Gasteiger partial charge in [-0.15, -0.1) is 11.3 Å². The van der Waals surface area contributed by atoms with Gasteiger partial charge in [0.25, 0.3) is 0 Å². The highest BCUT2D eigenvalue weighted by Crippen LogP contribution is 2.40. The van der Waals surface area contributed by atoms with Crippen molar-refractivity contribution in [2.45, 2.75) is 38.1 Å². The van der Waals surface area contributed by atoms with Crippen LogP contribution in [0, 0.1) is 5.92 Å². The van der Waals surface area contributed by atoms with Crippen molar-refractivity contribution in [3.63, 3.8) is 0 Å². The normalized spacial score (nSPS) is 20.4. The zero-order chi connectivity index (χ0) is 19.0. The van der Waals surface area contributed by atoms with Crippen molar-refractivity contribution in [2.75, 3.05) is 25.5 Å². The van der Waals surface area contributed by atoms with Gasteiger partial charge >= 0.3 is 0 Å². The number of hydrogen-bond acceptors (Lipinski definition) is 4. The molecule has 1 saturated carbocycles. The van der Waals surface area contributed by atoms with E-state index in [0.29, 0.717) is 31.5 Å². The van der Waals surface area contributed by atoms with Crippen molar-refractivity contribution in [1.82, 2.24) is 4.90 Å². The van der Waals surface area contributed by atoms with Gasteiger partial charge in [-0.3, -0.25) is 9.59 Å². The number of fused-ring (bicyclic) bond motifs is 1. The number of carbonyl (C=O) groups is 2. The zero-order valence-corrected chi connectivity index (χ0v) is 16.8. The molecule has 2 aromatic rings. The third-order valence-electron chi connectivity index (χ3n) is 5.86. The lowest BCUT2D eigenvalue weighted by molar-refractivity contribution is -0.139. The maximum absolute atomic E-state index is 13.4. The molecule has 0 saturated heterocycles. The predicted octanol–water partition coefficient (Wildman–Crippen LogP) is 4.05. The van der Waals surface area contributed by atoms with E-state index in [1.165, 1.54) is 16.0 Å². The van der Waals surface area contributed by atoms with Crippen LogP contribution in [0.3, 0.4) is 0 Å². The first-order chi connectivity index (χ1) is 13.0. The smallest absolute Gasteiger partial charge is 0.226 e. The highest BCUT2D eigenvalue weighted by molar-refractivity contribution is 7.10. The average molecular weight is 383 g/mol. The summed E-state index contributed by atoms with van der Waals surface area (Å²) in [5.41, 5.74) is 3.69. The highest BCUT2D eigenvalue weighted by atomic mass is 32.1. The van der Waals surface area contributed by atoms with Crippen molar-refractivity contribution in [3.8, 4) is 0 Å². The summed E-state index contributed by atoms with van der Waals surface area (Å²) in [6.07, 6.45) is 3.44. The molecule has 4 rings (SSSR count). The number of ketones is 1.